The molecule has 0 aliphatic heterocycles. The monoisotopic (exact) mass is 418 g/mol. The molecule has 0 unspecified atom stereocenters. The highest BCUT2D eigenvalue weighted by atomic mass is 35.5. The first-order valence-corrected chi connectivity index (χ1v) is 10.5. The van der Waals surface area contributed by atoms with Crippen molar-refractivity contribution in [3.8, 4) is 11.4 Å². The number of halogens is 1. The first kappa shape index (κ1) is 19.7. The Balaban J connectivity index is 1.67. The molecule has 0 aliphatic carbocycles. The van der Waals surface area contributed by atoms with E-state index in [-0.39, 0.29) is 5.91 Å². The van der Waals surface area contributed by atoms with Gasteiger partial charge in [-0.1, -0.05) is 59.8 Å². The minimum absolute atomic E-state index is 0.0268. The molecule has 5 nitrogen and oxygen atoms in total. The van der Waals surface area contributed by atoms with Crippen molar-refractivity contribution in [3.05, 3.63) is 64.3 Å². The topological polar surface area (TPSA) is 51.0 Å². The van der Waals surface area contributed by atoms with Crippen molar-refractivity contribution in [2.75, 3.05) is 12.8 Å². The first-order chi connectivity index (χ1) is 13.1. The summed E-state index contributed by atoms with van der Waals surface area (Å²) in [6, 6.07) is 13.7. The maximum absolute atomic E-state index is 12.5. The second-order valence-corrected chi connectivity index (χ2v) is 8.56. The third-order valence-electron chi connectivity index (χ3n) is 3.83. The van der Waals surface area contributed by atoms with Gasteiger partial charge in [0, 0.05) is 24.0 Å². The van der Waals surface area contributed by atoms with E-state index < -0.39 is 0 Å². The van der Waals surface area contributed by atoms with Crippen LogP contribution in [0.4, 0.5) is 0 Å². The van der Waals surface area contributed by atoms with Gasteiger partial charge in [-0.3, -0.25) is 9.36 Å². The molecule has 2 heterocycles. The van der Waals surface area contributed by atoms with E-state index in [1.165, 1.54) is 23.1 Å². The van der Waals surface area contributed by atoms with Crippen molar-refractivity contribution >= 4 is 40.6 Å². The molecule has 0 spiro atoms. The first-order valence-electron chi connectivity index (χ1n) is 8.29. The van der Waals surface area contributed by atoms with Crippen molar-refractivity contribution < 1.29 is 4.79 Å². The number of hydrogen-bond acceptors (Lipinski definition) is 5. The number of nitrogens with zero attached hydrogens (tertiary/aromatic N) is 4. The molecule has 8 heteroatoms. The van der Waals surface area contributed by atoms with E-state index >= 15 is 0 Å². The molecule has 0 saturated carbocycles. The zero-order chi connectivity index (χ0) is 19.2. The number of rotatable bonds is 8. The number of benzene rings is 1. The highest BCUT2D eigenvalue weighted by Crippen LogP contribution is 2.25. The van der Waals surface area contributed by atoms with Crippen LogP contribution in [-0.2, 0) is 17.9 Å². The normalized spacial score (nSPS) is 10.7. The smallest absolute Gasteiger partial charge is 0.233 e. The van der Waals surface area contributed by atoms with E-state index in [9.17, 15) is 4.79 Å². The molecule has 140 valence electrons. The lowest BCUT2D eigenvalue weighted by Crippen LogP contribution is -2.27. The standard InChI is InChI=1S/C19H19ClN4OS2/c1-3-11-24-18(14-7-5-4-6-8-14)21-22-19(24)26-13-17(25)23(2)12-15-9-10-16(20)27-15/h3-10H,1,11-13H2,2H3. The molecule has 27 heavy (non-hydrogen) atoms. The van der Waals surface area contributed by atoms with Crippen LogP contribution in [0.1, 0.15) is 4.88 Å². The summed E-state index contributed by atoms with van der Waals surface area (Å²) >= 11 is 8.82. The summed E-state index contributed by atoms with van der Waals surface area (Å²) in [6.45, 7) is 4.94. The Morgan fingerprint density at radius 2 is 2.07 bits per heavy atom. The largest absolute Gasteiger partial charge is 0.340 e. The molecule has 3 aromatic rings. The Kier molecular flexibility index (Phi) is 6.71. The lowest BCUT2D eigenvalue weighted by atomic mass is 10.2. The van der Waals surface area contributed by atoms with Gasteiger partial charge in [0.05, 0.1) is 16.6 Å². The van der Waals surface area contributed by atoms with E-state index in [0.29, 0.717) is 24.0 Å². The molecule has 0 aliphatic rings. The number of carbonyl (C=O) groups is 1. The SMILES string of the molecule is C=CCn1c(SCC(=O)N(C)Cc2ccc(Cl)s2)nnc1-c1ccccc1. The molecular weight excluding hydrogens is 400 g/mol. The number of thiophene rings is 1. The van der Waals surface area contributed by atoms with Gasteiger partial charge in [0.1, 0.15) is 0 Å². The van der Waals surface area contributed by atoms with E-state index in [1.54, 1.807) is 18.0 Å². The zero-order valence-corrected chi connectivity index (χ0v) is 17.2. The summed E-state index contributed by atoms with van der Waals surface area (Å²) < 4.78 is 2.70. The van der Waals surface area contributed by atoms with Crippen LogP contribution in [0.5, 0.6) is 0 Å². The van der Waals surface area contributed by atoms with Gasteiger partial charge >= 0.3 is 0 Å². The van der Waals surface area contributed by atoms with Crippen LogP contribution in [0.25, 0.3) is 11.4 Å². The van der Waals surface area contributed by atoms with Gasteiger partial charge in [0.15, 0.2) is 11.0 Å². The zero-order valence-electron chi connectivity index (χ0n) is 14.8. The lowest BCUT2D eigenvalue weighted by molar-refractivity contribution is -0.127. The lowest BCUT2D eigenvalue weighted by Gasteiger charge is -2.16. The van der Waals surface area contributed by atoms with Crippen LogP contribution in [0.3, 0.4) is 0 Å². The number of hydrogen-bond donors (Lipinski definition) is 0. The van der Waals surface area contributed by atoms with Gasteiger partial charge in [-0.05, 0) is 12.1 Å². The fraction of sp³-hybridized carbons (Fsp3) is 0.211. The van der Waals surface area contributed by atoms with Crippen molar-refractivity contribution in [2.45, 2.75) is 18.2 Å². The van der Waals surface area contributed by atoms with E-state index in [0.717, 1.165) is 20.6 Å². The third kappa shape index (κ3) is 5.00. The van der Waals surface area contributed by atoms with Crippen molar-refractivity contribution in [1.82, 2.24) is 19.7 Å². The molecule has 0 bridgehead atoms. The molecule has 0 saturated heterocycles. The highest BCUT2D eigenvalue weighted by Gasteiger charge is 2.16. The Bertz CT molecular complexity index is 923. The maximum atomic E-state index is 12.5. The van der Waals surface area contributed by atoms with Crippen molar-refractivity contribution in [2.24, 2.45) is 0 Å². The predicted octanol–water partition coefficient (Wildman–Crippen LogP) is 4.60. The fourth-order valence-corrected chi connectivity index (χ4v) is 4.51. The van der Waals surface area contributed by atoms with Crippen LogP contribution in [0.15, 0.2) is 60.3 Å². The Labute approximate surface area is 171 Å². The number of thioether (sulfide) groups is 1. The average molecular weight is 419 g/mol. The van der Waals surface area contributed by atoms with Gasteiger partial charge in [-0.15, -0.1) is 28.1 Å². The predicted molar refractivity (Wildman–Crippen MR) is 112 cm³/mol. The third-order valence-corrected chi connectivity index (χ3v) is 6.00. The number of aromatic nitrogens is 3. The highest BCUT2D eigenvalue weighted by molar-refractivity contribution is 7.99. The molecular formula is C19H19ClN4OS2. The second kappa shape index (κ2) is 9.21. The van der Waals surface area contributed by atoms with E-state index in [2.05, 4.69) is 16.8 Å². The van der Waals surface area contributed by atoms with Crippen LogP contribution in [0, 0.1) is 0 Å². The van der Waals surface area contributed by atoms with Crippen molar-refractivity contribution in [1.29, 1.82) is 0 Å². The molecule has 0 atom stereocenters. The molecule has 3 rings (SSSR count). The summed E-state index contributed by atoms with van der Waals surface area (Å²) in [4.78, 5) is 15.2. The fourth-order valence-electron chi connectivity index (χ4n) is 2.49. The molecule has 0 fully saturated rings. The van der Waals surface area contributed by atoms with E-state index in [1.807, 2.05) is 47.0 Å². The summed E-state index contributed by atoms with van der Waals surface area (Å²) in [5.74, 6) is 1.09. The Hall–Kier alpha value is -2.09. The van der Waals surface area contributed by atoms with E-state index in [4.69, 9.17) is 11.6 Å². The summed E-state index contributed by atoms with van der Waals surface area (Å²) in [7, 11) is 1.79. The minimum atomic E-state index is 0.0268. The molecule has 0 N–H and O–H groups in total. The average Bonchev–Trinajstić information content (AvgIpc) is 3.26. The van der Waals surface area contributed by atoms with Crippen molar-refractivity contribution in [3.63, 3.8) is 0 Å². The quantitative estimate of drug-likeness (QED) is 0.396. The number of amides is 1. The van der Waals surface area contributed by atoms with Gasteiger partial charge < -0.3 is 4.90 Å². The van der Waals surface area contributed by atoms with Gasteiger partial charge in [0.2, 0.25) is 5.91 Å². The van der Waals surface area contributed by atoms with Gasteiger partial charge in [-0.2, -0.15) is 0 Å². The van der Waals surface area contributed by atoms with Gasteiger partial charge in [0.25, 0.3) is 0 Å². The molecule has 0 radical (unpaired) electrons. The number of allylic oxidation sites excluding steroid dienone is 1. The summed E-state index contributed by atoms with van der Waals surface area (Å²) in [6.07, 6.45) is 1.80. The maximum Gasteiger partial charge on any atom is 0.233 e. The summed E-state index contributed by atoms with van der Waals surface area (Å²) in [5, 5.41) is 9.28. The summed E-state index contributed by atoms with van der Waals surface area (Å²) in [5.41, 5.74) is 0.983. The van der Waals surface area contributed by atoms with Gasteiger partial charge in [-0.25, -0.2) is 0 Å². The molecule has 2 aromatic heterocycles. The second-order valence-electron chi connectivity index (χ2n) is 5.82. The number of carbonyl (C=O) groups excluding carboxylic acids is 1. The van der Waals surface area contributed by atoms with Crippen LogP contribution in [-0.4, -0.2) is 38.4 Å². The minimum Gasteiger partial charge on any atom is -0.340 e. The Morgan fingerprint density at radius 3 is 2.74 bits per heavy atom. The van der Waals surface area contributed by atoms with Crippen LogP contribution in [0.2, 0.25) is 4.34 Å². The Morgan fingerprint density at radius 1 is 1.30 bits per heavy atom. The molecule has 1 amide bonds. The van der Waals surface area contributed by atoms with Crippen LogP contribution < -0.4 is 0 Å². The molecule has 1 aromatic carbocycles. The van der Waals surface area contributed by atoms with Crippen LogP contribution >= 0.6 is 34.7 Å².